The van der Waals surface area contributed by atoms with E-state index in [1.165, 1.54) is 23.1 Å². The number of thiazole rings is 1. The summed E-state index contributed by atoms with van der Waals surface area (Å²) < 4.78 is 8.89. The van der Waals surface area contributed by atoms with Crippen molar-refractivity contribution in [2.24, 2.45) is 0 Å². The first-order chi connectivity index (χ1) is 15.5. The van der Waals surface area contributed by atoms with Gasteiger partial charge < -0.3 is 10.1 Å². The Kier molecular flexibility index (Phi) is 7.09. The Morgan fingerprint density at radius 2 is 2.16 bits per heavy atom. The number of aromatic nitrogens is 4. The van der Waals surface area contributed by atoms with Crippen molar-refractivity contribution in [3.05, 3.63) is 72.0 Å². The molecule has 164 valence electrons. The van der Waals surface area contributed by atoms with Gasteiger partial charge in [0.1, 0.15) is 5.75 Å². The number of nitrogens with zero attached hydrogens (tertiary/aromatic N) is 4. The lowest BCUT2D eigenvalue weighted by molar-refractivity contribution is -0.113. The maximum absolute atomic E-state index is 12.5. The van der Waals surface area contributed by atoms with Gasteiger partial charge in [-0.2, -0.15) is 0 Å². The van der Waals surface area contributed by atoms with Crippen molar-refractivity contribution >= 4 is 56.0 Å². The fourth-order valence-corrected chi connectivity index (χ4v) is 4.83. The van der Waals surface area contributed by atoms with Gasteiger partial charge in [0.15, 0.2) is 22.2 Å². The van der Waals surface area contributed by atoms with E-state index in [9.17, 15) is 4.79 Å². The molecular weight excluding hydrogens is 466 g/mol. The van der Waals surface area contributed by atoms with Crippen molar-refractivity contribution in [1.82, 2.24) is 19.7 Å². The molecule has 32 heavy (non-hydrogen) atoms. The molecule has 1 unspecified atom stereocenters. The normalized spacial score (nSPS) is 11.9. The maximum Gasteiger partial charge on any atom is 0.236 e. The summed E-state index contributed by atoms with van der Waals surface area (Å²) in [4.78, 5) is 16.9. The number of carbonyl (C=O) groups excluding carboxylic acids is 1. The molecule has 2 aromatic heterocycles. The molecule has 2 heterocycles. The molecule has 0 aliphatic rings. The first-order valence-corrected chi connectivity index (χ1v) is 12.0. The number of ether oxygens (including phenoxy) is 1. The van der Waals surface area contributed by atoms with Crippen LogP contribution in [0, 0.1) is 0 Å². The number of hydrogen-bond donors (Lipinski definition) is 1. The van der Waals surface area contributed by atoms with Gasteiger partial charge in [-0.3, -0.25) is 9.36 Å². The van der Waals surface area contributed by atoms with Crippen molar-refractivity contribution in [2.75, 3.05) is 11.1 Å². The minimum atomic E-state index is -0.369. The number of allylic oxidation sites excluding steroid dienone is 1. The van der Waals surface area contributed by atoms with Crippen LogP contribution in [0.15, 0.2) is 66.3 Å². The molecule has 1 atom stereocenters. The molecule has 4 aromatic rings. The number of para-hydroxylation sites is 1. The highest BCUT2D eigenvalue weighted by atomic mass is 35.5. The Morgan fingerprint density at radius 3 is 2.94 bits per heavy atom. The van der Waals surface area contributed by atoms with Crippen LogP contribution in [0.5, 0.6) is 5.75 Å². The summed E-state index contributed by atoms with van der Waals surface area (Å²) in [5.74, 6) is 1.29. The van der Waals surface area contributed by atoms with E-state index in [0.29, 0.717) is 33.4 Å². The fourth-order valence-electron chi connectivity index (χ4n) is 3.02. The van der Waals surface area contributed by atoms with Crippen LogP contribution in [0.2, 0.25) is 5.02 Å². The third-order valence-corrected chi connectivity index (χ3v) is 6.56. The molecule has 0 aliphatic heterocycles. The fraction of sp³-hybridized carbons (Fsp3) is 0.182. The van der Waals surface area contributed by atoms with E-state index in [4.69, 9.17) is 16.3 Å². The number of thioether (sulfide) groups is 1. The van der Waals surface area contributed by atoms with Gasteiger partial charge in [-0.25, -0.2) is 4.98 Å². The topological polar surface area (TPSA) is 81.9 Å². The molecule has 0 radical (unpaired) electrons. The average Bonchev–Trinajstić information content (AvgIpc) is 3.36. The first-order valence-electron chi connectivity index (χ1n) is 9.78. The standard InChI is InChI=1S/C22H20ClN5O2S2/c1-3-11-28-20(14(2)30-16-8-6-7-15(23)12-16)26-27-22(28)31-13-19(29)25-21-24-17-9-4-5-10-18(17)32-21/h3-10,12,14H,1,11,13H2,2H3,(H,24,25,29). The summed E-state index contributed by atoms with van der Waals surface area (Å²) in [6, 6.07) is 14.9. The predicted octanol–water partition coefficient (Wildman–Crippen LogP) is 5.60. The van der Waals surface area contributed by atoms with Crippen LogP contribution in [0.25, 0.3) is 10.2 Å². The number of halogens is 1. The first kappa shape index (κ1) is 22.3. The highest BCUT2D eigenvalue weighted by Crippen LogP contribution is 2.28. The number of nitrogens with one attached hydrogen (secondary N) is 1. The Balaban J connectivity index is 1.42. The van der Waals surface area contributed by atoms with Crippen molar-refractivity contribution < 1.29 is 9.53 Å². The van der Waals surface area contributed by atoms with Gasteiger partial charge in [0.2, 0.25) is 5.91 Å². The quantitative estimate of drug-likeness (QED) is 0.245. The van der Waals surface area contributed by atoms with Crippen molar-refractivity contribution in [2.45, 2.75) is 24.7 Å². The molecule has 0 fully saturated rings. The number of anilines is 1. The summed E-state index contributed by atoms with van der Waals surface area (Å²) in [6.07, 6.45) is 1.39. The molecule has 0 bridgehead atoms. The summed E-state index contributed by atoms with van der Waals surface area (Å²) >= 11 is 8.78. The maximum atomic E-state index is 12.5. The third kappa shape index (κ3) is 5.29. The van der Waals surface area contributed by atoms with Crippen molar-refractivity contribution in [1.29, 1.82) is 0 Å². The second-order valence-corrected chi connectivity index (χ2v) is 9.19. The molecule has 1 amide bonds. The molecule has 2 aromatic carbocycles. The average molecular weight is 486 g/mol. The molecule has 7 nitrogen and oxygen atoms in total. The van der Waals surface area contributed by atoms with Gasteiger partial charge in [0.25, 0.3) is 0 Å². The van der Waals surface area contributed by atoms with Crippen LogP contribution < -0.4 is 10.1 Å². The Morgan fingerprint density at radius 1 is 1.31 bits per heavy atom. The van der Waals surface area contributed by atoms with Crippen molar-refractivity contribution in [3.8, 4) is 5.75 Å². The third-order valence-electron chi connectivity index (χ3n) is 4.40. The van der Waals surface area contributed by atoms with E-state index in [-0.39, 0.29) is 17.8 Å². The van der Waals surface area contributed by atoms with Gasteiger partial charge in [0.05, 0.1) is 16.0 Å². The highest BCUT2D eigenvalue weighted by molar-refractivity contribution is 7.99. The summed E-state index contributed by atoms with van der Waals surface area (Å²) in [5.41, 5.74) is 0.865. The van der Waals surface area contributed by atoms with Crippen LogP contribution in [-0.4, -0.2) is 31.4 Å². The van der Waals surface area contributed by atoms with Gasteiger partial charge in [-0.05, 0) is 37.3 Å². The predicted molar refractivity (Wildman–Crippen MR) is 130 cm³/mol. The smallest absolute Gasteiger partial charge is 0.236 e. The van der Waals surface area contributed by atoms with Crippen LogP contribution in [0.4, 0.5) is 5.13 Å². The zero-order valence-electron chi connectivity index (χ0n) is 17.2. The number of rotatable bonds is 9. The van der Waals surface area contributed by atoms with Crippen LogP contribution in [-0.2, 0) is 11.3 Å². The lowest BCUT2D eigenvalue weighted by Gasteiger charge is -2.15. The van der Waals surface area contributed by atoms with E-state index in [2.05, 4.69) is 27.1 Å². The lowest BCUT2D eigenvalue weighted by atomic mass is 10.3. The molecule has 4 rings (SSSR count). The van der Waals surface area contributed by atoms with E-state index in [0.717, 1.165) is 10.2 Å². The van der Waals surface area contributed by atoms with Gasteiger partial charge in [-0.15, -0.1) is 16.8 Å². The molecule has 0 saturated heterocycles. The summed E-state index contributed by atoms with van der Waals surface area (Å²) in [6.45, 7) is 6.20. The number of hydrogen-bond acceptors (Lipinski definition) is 7. The second kappa shape index (κ2) is 10.2. The SMILES string of the molecule is C=CCn1c(SCC(=O)Nc2nc3ccccc3s2)nnc1C(C)Oc1cccc(Cl)c1. The largest absolute Gasteiger partial charge is 0.483 e. The van der Waals surface area contributed by atoms with Gasteiger partial charge in [-0.1, -0.05) is 59.0 Å². The molecule has 0 saturated carbocycles. The molecule has 0 spiro atoms. The molecule has 0 aliphatic carbocycles. The zero-order chi connectivity index (χ0) is 22.5. The lowest BCUT2D eigenvalue weighted by Crippen LogP contribution is -2.15. The number of benzene rings is 2. The van der Waals surface area contributed by atoms with E-state index < -0.39 is 0 Å². The molecule has 1 N–H and O–H groups in total. The second-order valence-electron chi connectivity index (χ2n) is 6.78. The molecular formula is C22H20ClN5O2S2. The molecule has 10 heteroatoms. The number of carbonyl (C=O) groups is 1. The monoisotopic (exact) mass is 485 g/mol. The Bertz CT molecular complexity index is 1220. The Hall–Kier alpha value is -2.88. The van der Waals surface area contributed by atoms with E-state index in [1.54, 1.807) is 18.2 Å². The van der Waals surface area contributed by atoms with Gasteiger partial charge >= 0.3 is 0 Å². The van der Waals surface area contributed by atoms with Crippen molar-refractivity contribution in [3.63, 3.8) is 0 Å². The van der Waals surface area contributed by atoms with Crippen LogP contribution in [0.3, 0.4) is 0 Å². The van der Waals surface area contributed by atoms with Crippen LogP contribution >= 0.6 is 34.7 Å². The Labute approximate surface area is 198 Å². The zero-order valence-corrected chi connectivity index (χ0v) is 19.6. The van der Waals surface area contributed by atoms with Crippen LogP contribution in [0.1, 0.15) is 18.9 Å². The summed E-state index contributed by atoms with van der Waals surface area (Å²) in [7, 11) is 0. The van der Waals surface area contributed by atoms with Gasteiger partial charge in [0, 0.05) is 11.6 Å². The van der Waals surface area contributed by atoms with E-state index in [1.807, 2.05) is 47.9 Å². The minimum Gasteiger partial charge on any atom is -0.483 e. The minimum absolute atomic E-state index is 0.160. The summed E-state index contributed by atoms with van der Waals surface area (Å²) in [5, 5.41) is 13.2. The number of amides is 1. The van der Waals surface area contributed by atoms with E-state index >= 15 is 0 Å². The highest BCUT2D eigenvalue weighted by Gasteiger charge is 2.20. The number of fused-ring (bicyclic) bond motifs is 1.